The minimum atomic E-state index is -1.40. The molecular weight excluding hydrogens is 475 g/mol. The number of rotatable bonds is 5. The summed E-state index contributed by atoms with van der Waals surface area (Å²) in [6.45, 7) is 1.56. The van der Waals surface area contributed by atoms with E-state index in [0.717, 1.165) is 43.2 Å². The Bertz CT molecular complexity index is 1300. The SMILES string of the molecule is C[C@]1(O)[C@H](O)C[C@H](c2ccncc2NC(=O)c2ccc(F)c(-c3c(F)cccc3F)n2)O[C@@H]1C1CC1. The van der Waals surface area contributed by atoms with Gasteiger partial charge in [0.05, 0.1) is 35.8 Å². The average Bonchev–Trinajstić information content (AvgIpc) is 3.67. The summed E-state index contributed by atoms with van der Waals surface area (Å²) in [4.78, 5) is 20.9. The highest BCUT2D eigenvalue weighted by Gasteiger charge is 2.52. The molecular formula is C26H24F3N3O4. The van der Waals surface area contributed by atoms with Crippen molar-refractivity contribution in [2.75, 3.05) is 5.32 Å². The van der Waals surface area contributed by atoms with E-state index in [1.54, 1.807) is 13.0 Å². The van der Waals surface area contributed by atoms with Crippen molar-refractivity contribution >= 4 is 11.6 Å². The molecule has 7 nitrogen and oxygen atoms in total. The molecule has 0 spiro atoms. The molecule has 3 aromatic rings. The standard InChI is InChI=1S/C26H24F3N3O4/c1-26(35)21(33)11-20(36-24(26)13-5-6-13)14-9-10-30-12-19(14)32-25(34)18-8-7-17(29)23(31-18)22-15(27)3-2-4-16(22)28/h2-4,7-10,12-13,20-21,24,33,35H,5-6,11H2,1H3,(H,32,34)/t20-,21-,24-,26+/m1/s1. The van der Waals surface area contributed by atoms with Crippen molar-refractivity contribution in [3.05, 3.63) is 77.5 Å². The Balaban J connectivity index is 1.43. The van der Waals surface area contributed by atoms with E-state index in [1.165, 1.54) is 12.4 Å². The molecule has 2 aliphatic rings. The quantitative estimate of drug-likeness (QED) is 0.487. The topological polar surface area (TPSA) is 105 Å². The van der Waals surface area contributed by atoms with Crippen molar-refractivity contribution < 1.29 is 32.9 Å². The van der Waals surface area contributed by atoms with Crippen LogP contribution in [-0.4, -0.2) is 43.9 Å². The van der Waals surface area contributed by atoms with Gasteiger partial charge in [-0.2, -0.15) is 0 Å². The average molecular weight is 499 g/mol. The summed E-state index contributed by atoms with van der Waals surface area (Å²) < 4.78 is 49.1. The number of carbonyl (C=O) groups is 1. The normalized spacial score (nSPS) is 26.0. The van der Waals surface area contributed by atoms with E-state index < -0.39 is 58.5 Å². The van der Waals surface area contributed by atoms with Crippen molar-refractivity contribution in [1.29, 1.82) is 0 Å². The predicted molar refractivity (Wildman–Crippen MR) is 123 cm³/mol. The van der Waals surface area contributed by atoms with Crippen molar-refractivity contribution in [2.45, 2.75) is 50.1 Å². The summed E-state index contributed by atoms with van der Waals surface area (Å²) in [6, 6.07) is 6.73. The molecule has 0 unspecified atom stereocenters. The number of halogens is 3. The number of hydrogen-bond acceptors (Lipinski definition) is 6. The maximum atomic E-state index is 14.4. The van der Waals surface area contributed by atoms with E-state index >= 15 is 0 Å². The molecule has 1 saturated carbocycles. The fraction of sp³-hybridized carbons (Fsp3) is 0.346. The van der Waals surface area contributed by atoms with Crippen LogP contribution < -0.4 is 5.32 Å². The van der Waals surface area contributed by atoms with Gasteiger partial charge >= 0.3 is 0 Å². The number of benzene rings is 1. The lowest BCUT2D eigenvalue weighted by atomic mass is 9.82. The van der Waals surface area contributed by atoms with Crippen LogP contribution in [0, 0.1) is 23.4 Å². The van der Waals surface area contributed by atoms with Crippen LogP contribution in [-0.2, 0) is 4.74 Å². The number of ether oxygens (including phenoxy) is 1. The van der Waals surface area contributed by atoms with Gasteiger partial charge in [-0.05, 0) is 56.0 Å². The van der Waals surface area contributed by atoms with Crippen LogP contribution in [0.25, 0.3) is 11.3 Å². The van der Waals surface area contributed by atoms with Crippen molar-refractivity contribution in [3.63, 3.8) is 0 Å². The lowest BCUT2D eigenvalue weighted by Gasteiger charge is -2.45. The van der Waals surface area contributed by atoms with Crippen LogP contribution in [0.3, 0.4) is 0 Å². The van der Waals surface area contributed by atoms with Crippen LogP contribution >= 0.6 is 0 Å². The van der Waals surface area contributed by atoms with Gasteiger partial charge in [0.2, 0.25) is 0 Å². The molecule has 5 rings (SSSR count). The van der Waals surface area contributed by atoms with Crippen molar-refractivity contribution in [1.82, 2.24) is 9.97 Å². The van der Waals surface area contributed by atoms with Gasteiger partial charge in [-0.1, -0.05) is 6.07 Å². The largest absolute Gasteiger partial charge is 0.390 e. The zero-order chi connectivity index (χ0) is 25.6. The first-order valence-corrected chi connectivity index (χ1v) is 11.6. The smallest absolute Gasteiger partial charge is 0.274 e. The summed E-state index contributed by atoms with van der Waals surface area (Å²) in [6.07, 6.45) is 2.53. The Kier molecular flexibility index (Phi) is 6.27. The van der Waals surface area contributed by atoms with Crippen LogP contribution in [0.15, 0.2) is 48.8 Å². The Hall–Kier alpha value is -3.34. The Morgan fingerprint density at radius 1 is 1.11 bits per heavy atom. The van der Waals surface area contributed by atoms with E-state index in [-0.39, 0.29) is 23.7 Å². The van der Waals surface area contributed by atoms with E-state index in [2.05, 4.69) is 15.3 Å². The third kappa shape index (κ3) is 4.47. The third-order valence-electron chi connectivity index (χ3n) is 6.78. The molecule has 2 aromatic heterocycles. The van der Waals surface area contributed by atoms with E-state index in [0.29, 0.717) is 5.56 Å². The molecule has 10 heteroatoms. The highest BCUT2D eigenvalue weighted by Crippen LogP contribution is 2.48. The molecule has 1 amide bonds. The van der Waals surface area contributed by atoms with Crippen LogP contribution in [0.4, 0.5) is 18.9 Å². The second kappa shape index (κ2) is 9.27. The molecule has 1 aliphatic heterocycles. The van der Waals surface area contributed by atoms with Gasteiger partial charge < -0.3 is 20.3 Å². The number of aromatic nitrogens is 2. The Morgan fingerprint density at radius 3 is 2.53 bits per heavy atom. The zero-order valence-corrected chi connectivity index (χ0v) is 19.3. The molecule has 36 heavy (non-hydrogen) atoms. The number of aliphatic hydroxyl groups excluding tert-OH is 1. The number of nitrogens with one attached hydrogen (secondary N) is 1. The molecule has 0 radical (unpaired) electrons. The molecule has 2 fully saturated rings. The molecule has 188 valence electrons. The van der Waals surface area contributed by atoms with E-state index in [1.807, 2.05) is 0 Å². The first kappa shape index (κ1) is 24.4. The number of pyridine rings is 2. The fourth-order valence-corrected chi connectivity index (χ4v) is 4.63. The number of carbonyl (C=O) groups excluding carboxylic acids is 1. The summed E-state index contributed by atoms with van der Waals surface area (Å²) >= 11 is 0. The van der Waals surface area contributed by atoms with Gasteiger partial charge in [-0.15, -0.1) is 0 Å². The molecule has 1 saturated heterocycles. The summed E-state index contributed by atoms with van der Waals surface area (Å²) in [7, 11) is 0. The number of hydrogen-bond donors (Lipinski definition) is 3. The minimum Gasteiger partial charge on any atom is -0.390 e. The Labute approximate surface area is 205 Å². The van der Waals surface area contributed by atoms with Crippen molar-refractivity contribution in [2.24, 2.45) is 5.92 Å². The fourth-order valence-electron chi connectivity index (χ4n) is 4.63. The van der Waals surface area contributed by atoms with Crippen molar-refractivity contribution in [3.8, 4) is 11.3 Å². The first-order valence-electron chi connectivity index (χ1n) is 11.6. The second-order valence-electron chi connectivity index (χ2n) is 9.40. The van der Waals surface area contributed by atoms with Gasteiger partial charge in [0.25, 0.3) is 5.91 Å². The van der Waals surface area contributed by atoms with E-state index in [9.17, 15) is 28.2 Å². The molecule has 3 N–H and O–H groups in total. The lowest BCUT2D eigenvalue weighted by molar-refractivity contribution is -0.227. The second-order valence-corrected chi connectivity index (χ2v) is 9.40. The summed E-state index contributed by atoms with van der Waals surface area (Å²) in [5.74, 6) is -3.63. The third-order valence-corrected chi connectivity index (χ3v) is 6.78. The van der Waals surface area contributed by atoms with Gasteiger partial charge in [-0.25, -0.2) is 18.2 Å². The predicted octanol–water partition coefficient (Wildman–Crippen LogP) is 4.17. The van der Waals surface area contributed by atoms with Gasteiger partial charge in [0.15, 0.2) is 0 Å². The highest BCUT2D eigenvalue weighted by molar-refractivity contribution is 6.03. The summed E-state index contributed by atoms with van der Waals surface area (Å²) in [5, 5.41) is 24.1. The first-order chi connectivity index (χ1) is 17.2. The minimum absolute atomic E-state index is 0.0919. The van der Waals surface area contributed by atoms with Crippen LogP contribution in [0.5, 0.6) is 0 Å². The Morgan fingerprint density at radius 2 is 1.83 bits per heavy atom. The van der Waals surface area contributed by atoms with E-state index in [4.69, 9.17) is 4.74 Å². The van der Waals surface area contributed by atoms with Gasteiger partial charge in [0, 0.05) is 18.2 Å². The molecule has 0 bridgehead atoms. The molecule has 1 aromatic carbocycles. The maximum absolute atomic E-state index is 14.4. The molecule has 3 heterocycles. The summed E-state index contributed by atoms with van der Waals surface area (Å²) in [5.41, 5.74) is -2.17. The molecule has 4 atom stereocenters. The monoisotopic (exact) mass is 499 g/mol. The number of anilines is 1. The maximum Gasteiger partial charge on any atom is 0.274 e. The number of aliphatic hydroxyl groups is 2. The lowest BCUT2D eigenvalue weighted by Crippen LogP contribution is -2.56. The zero-order valence-electron chi connectivity index (χ0n) is 19.3. The van der Waals surface area contributed by atoms with Gasteiger partial charge in [0.1, 0.15) is 34.4 Å². The molecule has 1 aliphatic carbocycles. The van der Waals surface area contributed by atoms with Gasteiger partial charge in [-0.3, -0.25) is 9.78 Å². The highest BCUT2D eigenvalue weighted by atomic mass is 19.1. The number of amides is 1. The van der Waals surface area contributed by atoms with Crippen LogP contribution in [0.2, 0.25) is 0 Å². The number of nitrogens with zero attached hydrogens (tertiary/aromatic N) is 2. The van der Waals surface area contributed by atoms with Crippen LogP contribution in [0.1, 0.15) is 48.3 Å².